The van der Waals surface area contributed by atoms with Crippen LogP contribution >= 0.6 is 15.9 Å². The highest BCUT2D eigenvalue weighted by Crippen LogP contribution is 2.28. The van der Waals surface area contributed by atoms with Gasteiger partial charge in [-0.3, -0.25) is 4.79 Å². The number of hydrogen-bond acceptors (Lipinski definition) is 4. The molecule has 4 aromatic rings. The Kier molecular flexibility index (Phi) is 9.05. The third-order valence-corrected chi connectivity index (χ3v) is 6.36. The first-order valence-corrected chi connectivity index (χ1v) is 12.6. The van der Waals surface area contributed by atoms with Gasteiger partial charge in [-0.1, -0.05) is 93.9 Å². The number of aromatic hydroxyl groups is 1. The summed E-state index contributed by atoms with van der Waals surface area (Å²) in [6.45, 7) is 0.0403. The van der Waals surface area contributed by atoms with Crippen molar-refractivity contribution in [3.63, 3.8) is 0 Å². The molecule has 5 nitrogen and oxygen atoms in total. The molecular formula is C30H26BrFN2O3. The summed E-state index contributed by atoms with van der Waals surface area (Å²) in [6, 6.07) is 30.4. The van der Waals surface area contributed by atoms with Gasteiger partial charge in [0.1, 0.15) is 11.6 Å². The lowest BCUT2D eigenvalue weighted by molar-refractivity contribution is -0.139. The minimum atomic E-state index is -0.364. The number of amides is 1. The van der Waals surface area contributed by atoms with Crippen LogP contribution in [0.15, 0.2) is 113 Å². The smallest absolute Gasteiger partial charge is 0.264 e. The zero-order valence-corrected chi connectivity index (χ0v) is 21.6. The first-order valence-electron chi connectivity index (χ1n) is 11.8. The number of oxime groups is 1. The summed E-state index contributed by atoms with van der Waals surface area (Å²) < 4.78 is 14.5. The van der Waals surface area contributed by atoms with Crippen molar-refractivity contribution in [1.82, 2.24) is 4.90 Å². The second kappa shape index (κ2) is 12.8. The summed E-state index contributed by atoms with van der Waals surface area (Å²) in [4.78, 5) is 20.6. The zero-order valence-electron chi connectivity index (χ0n) is 20.0. The van der Waals surface area contributed by atoms with Crippen molar-refractivity contribution in [2.24, 2.45) is 5.16 Å². The van der Waals surface area contributed by atoms with Crippen LogP contribution in [0.5, 0.6) is 5.75 Å². The first kappa shape index (κ1) is 26.1. The Morgan fingerprint density at radius 1 is 0.946 bits per heavy atom. The van der Waals surface area contributed by atoms with E-state index in [1.807, 2.05) is 60.7 Å². The van der Waals surface area contributed by atoms with E-state index in [0.717, 1.165) is 21.2 Å². The Bertz CT molecular complexity index is 1330. The lowest BCUT2D eigenvalue weighted by atomic mass is 9.96. The lowest BCUT2D eigenvalue weighted by Crippen LogP contribution is -2.37. The molecule has 0 bridgehead atoms. The zero-order chi connectivity index (χ0) is 26.0. The van der Waals surface area contributed by atoms with Gasteiger partial charge in [0.15, 0.2) is 6.61 Å². The van der Waals surface area contributed by atoms with Gasteiger partial charge in [0.2, 0.25) is 0 Å². The maximum Gasteiger partial charge on any atom is 0.264 e. The molecular weight excluding hydrogens is 535 g/mol. The SMILES string of the molecule is O=C(CON=Cc1cc(Br)ccc1O)N(Cc1ccccc1)C(Cc1ccccc1)c1ccc(F)cc1. The molecule has 0 aliphatic carbocycles. The largest absolute Gasteiger partial charge is 0.507 e. The van der Waals surface area contributed by atoms with Crippen LogP contribution < -0.4 is 0 Å². The molecule has 1 unspecified atom stereocenters. The maximum absolute atomic E-state index is 13.7. The molecule has 4 rings (SSSR count). The lowest BCUT2D eigenvalue weighted by Gasteiger charge is -2.32. The molecule has 0 heterocycles. The molecule has 1 amide bonds. The fourth-order valence-corrected chi connectivity index (χ4v) is 4.36. The number of halogens is 2. The van der Waals surface area contributed by atoms with E-state index in [-0.39, 0.29) is 30.1 Å². The molecule has 4 aromatic carbocycles. The highest BCUT2D eigenvalue weighted by molar-refractivity contribution is 9.10. The van der Waals surface area contributed by atoms with Crippen LogP contribution in [0.25, 0.3) is 0 Å². The van der Waals surface area contributed by atoms with Crippen molar-refractivity contribution >= 4 is 28.1 Å². The molecule has 1 N–H and O–H groups in total. The van der Waals surface area contributed by atoms with Crippen LogP contribution in [-0.4, -0.2) is 28.7 Å². The van der Waals surface area contributed by atoms with Gasteiger partial charge in [-0.2, -0.15) is 0 Å². The van der Waals surface area contributed by atoms with E-state index in [0.29, 0.717) is 18.5 Å². The average Bonchev–Trinajstić information content (AvgIpc) is 2.92. The van der Waals surface area contributed by atoms with Crippen molar-refractivity contribution in [3.05, 3.63) is 136 Å². The van der Waals surface area contributed by atoms with Crippen molar-refractivity contribution in [3.8, 4) is 5.75 Å². The molecule has 0 spiro atoms. The minimum absolute atomic E-state index is 0.0480. The number of benzene rings is 4. The van der Waals surface area contributed by atoms with Gasteiger partial charge in [-0.15, -0.1) is 0 Å². The molecule has 1 atom stereocenters. The van der Waals surface area contributed by atoms with E-state index in [1.165, 1.54) is 24.4 Å². The van der Waals surface area contributed by atoms with Crippen LogP contribution in [0, 0.1) is 5.82 Å². The number of carbonyl (C=O) groups is 1. The van der Waals surface area contributed by atoms with Gasteiger partial charge in [-0.25, -0.2) is 4.39 Å². The third-order valence-electron chi connectivity index (χ3n) is 5.86. The Balaban J connectivity index is 1.59. The van der Waals surface area contributed by atoms with Gasteiger partial charge in [0, 0.05) is 16.6 Å². The van der Waals surface area contributed by atoms with Crippen LogP contribution in [0.2, 0.25) is 0 Å². The van der Waals surface area contributed by atoms with Gasteiger partial charge < -0.3 is 14.8 Å². The number of hydrogen-bond donors (Lipinski definition) is 1. The fraction of sp³-hybridized carbons (Fsp3) is 0.133. The second-order valence-electron chi connectivity index (χ2n) is 8.48. The van der Waals surface area contributed by atoms with Gasteiger partial charge in [-0.05, 0) is 53.4 Å². The maximum atomic E-state index is 13.7. The van der Waals surface area contributed by atoms with Gasteiger partial charge >= 0.3 is 0 Å². The Hall–Kier alpha value is -3.97. The number of phenols is 1. The van der Waals surface area contributed by atoms with E-state index in [9.17, 15) is 14.3 Å². The quantitative estimate of drug-likeness (QED) is 0.174. The Labute approximate surface area is 224 Å². The van der Waals surface area contributed by atoms with Crippen LogP contribution in [0.3, 0.4) is 0 Å². The normalized spacial score (nSPS) is 11.8. The standard InChI is InChI=1S/C30H26BrFN2O3/c31-26-13-16-29(35)25(18-26)19-33-37-21-30(36)34(20-23-9-5-2-6-10-23)28(17-22-7-3-1-4-8-22)24-11-14-27(32)15-12-24/h1-16,18-19,28,35H,17,20-21H2. The van der Waals surface area contributed by atoms with E-state index in [1.54, 1.807) is 29.2 Å². The van der Waals surface area contributed by atoms with E-state index in [2.05, 4.69) is 21.1 Å². The van der Waals surface area contributed by atoms with Crippen molar-refractivity contribution < 1.29 is 19.1 Å². The number of nitrogens with zero attached hydrogens (tertiary/aromatic N) is 2. The minimum Gasteiger partial charge on any atom is -0.507 e. The predicted octanol–water partition coefficient (Wildman–Crippen LogP) is 6.66. The summed E-state index contributed by atoms with van der Waals surface area (Å²) in [7, 11) is 0. The van der Waals surface area contributed by atoms with Gasteiger partial charge in [0.05, 0.1) is 12.3 Å². The molecule has 0 fully saturated rings. The van der Waals surface area contributed by atoms with Crippen LogP contribution in [0.1, 0.15) is 28.3 Å². The molecule has 188 valence electrons. The summed E-state index contributed by atoms with van der Waals surface area (Å²) in [5.74, 6) is -0.562. The molecule has 0 aliphatic heterocycles. The number of carbonyl (C=O) groups excluding carboxylic acids is 1. The first-order chi connectivity index (χ1) is 18.0. The molecule has 0 aliphatic rings. The summed E-state index contributed by atoms with van der Waals surface area (Å²) in [5.41, 5.74) is 3.28. The van der Waals surface area contributed by atoms with Crippen molar-refractivity contribution in [2.75, 3.05) is 6.61 Å². The van der Waals surface area contributed by atoms with Crippen LogP contribution in [0.4, 0.5) is 4.39 Å². The molecule has 0 saturated heterocycles. The highest BCUT2D eigenvalue weighted by Gasteiger charge is 2.26. The summed E-state index contributed by atoms with van der Waals surface area (Å²) >= 11 is 3.35. The van der Waals surface area contributed by atoms with Gasteiger partial charge in [0.25, 0.3) is 5.91 Å². The van der Waals surface area contributed by atoms with Crippen molar-refractivity contribution in [1.29, 1.82) is 0 Å². The molecule has 37 heavy (non-hydrogen) atoms. The van der Waals surface area contributed by atoms with Crippen LogP contribution in [-0.2, 0) is 22.6 Å². The predicted molar refractivity (Wildman–Crippen MR) is 146 cm³/mol. The molecule has 0 saturated carbocycles. The molecule has 7 heteroatoms. The fourth-order valence-electron chi connectivity index (χ4n) is 3.98. The topological polar surface area (TPSA) is 62.1 Å². The monoisotopic (exact) mass is 560 g/mol. The summed E-state index contributed by atoms with van der Waals surface area (Å²) in [6.07, 6.45) is 1.90. The molecule has 0 radical (unpaired) electrons. The van der Waals surface area contributed by atoms with E-state index < -0.39 is 0 Å². The number of rotatable bonds is 10. The van der Waals surface area contributed by atoms with Crippen molar-refractivity contribution in [2.45, 2.75) is 19.0 Å². The van der Waals surface area contributed by atoms with E-state index >= 15 is 0 Å². The third kappa shape index (κ3) is 7.51. The Morgan fingerprint density at radius 3 is 2.27 bits per heavy atom. The summed E-state index contributed by atoms with van der Waals surface area (Å²) in [5, 5.41) is 13.9. The van der Waals surface area contributed by atoms with E-state index in [4.69, 9.17) is 4.84 Å². The molecule has 0 aromatic heterocycles. The average molecular weight is 561 g/mol. The Morgan fingerprint density at radius 2 is 1.59 bits per heavy atom. The highest BCUT2D eigenvalue weighted by atomic mass is 79.9. The second-order valence-corrected chi connectivity index (χ2v) is 9.39. The number of phenolic OH excluding ortho intramolecular Hbond substituents is 1.